The summed E-state index contributed by atoms with van der Waals surface area (Å²) in [7, 11) is -3.78. The first-order valence-electron chi connectivity index (χ1n) is 6.35. The summed E-state index contributed by atoms with van der Waals surface area (Å²) in [6, 6.07) is 8.39. The van der Waals surface area contributed by atoms with Crippen LogP contribution >= 0.6 is 0 Å². The predicted octanol–water partition coefficient (Wildman–Crippen LogP) is 3.03. The van der Waals surface area contributed by atoms with E-state index in [9.17, 15) is 12.8 Å². The zero-order valence-electron chi connectivity index (χ0n) is 11.5. The Balaban J connectivity index is 2.24. The highest BCUT2D eigenvalue weighted by molar-refractivity contribution is 7.90. The molecule has 1 heterocycles. The first-order chi connectivity index (χ1) is 9.89. The van der Waals surface area contributed by atoms with Gasteiger partial charge >= 0.3 is 0 Å². The van der Waals surface area contributed by atoms with Gasteiger partial charge in [-0.15, -0.1) is 0 Å². The van der Waals surface area contributed by atoms with Gasteiger partial charge in [0.05, 0.1) is 15.9 Å². The maximum absolute atomic E-state index is 13.0. The smallest absolute Gasteiger partial charge is 0.236 e. The van der Waals surface area contributed by atoms with Crippen LogP contribution in [-0.2, 0) is 10.0 Å². The monoisotopic (exact) mass is 304 g/mol. The quantitative estimate of drug-likeness (QED) is 0.731. The molecule has 0 N–H and O–H groups in total. The first kappa shape index (κ1) is 13.8. The van der Waals surface area contributed by atoms with Gasteiger partial charge in [0.25, 0.3) is 10.0 Å². The van der Waals surface area contributed by atoms with Crippen LogP contribution in [0.5, 0.6) is 0 Å². The molecule has 0 amide bonds. The van der Waals surface area contributed by atoms with Gasteiger partial charge in [-0.2, -0.15) is 0 Å². The van der Waals surface area contributed by atoms with Crippen LogP contribution in [-0.4, -0.2) is 17.4 Å². The molecule has 0 unspecified atom stereocenters. The second kappa shape index (κ2) is 4.66. The summed E-state index contributed by atoms with van der Waals surface area (Å²) in [5.41, 5.74) is 3.16. The lowest BCUT2D eigenvalue weighted by Gasteiger charge is -2.07. The molecule has 0 aliphatic heterocycles. The molecule has 21 heavy (non-hydrogen) atoms. The molecule has 6 heteroatoms. The van der Waals surface area contributed by atoms with Gasteiger partial charge in [0.15, 0.2) is 0 Å². The number of nitrogens with zero attached hydrogens (tertiary/aromatic N) is 2. The molecule has 0 radical (unpaired) electrons. The maximum Gasteiger partial charge on any atom is 0.269 e. The molecule has 4 nitrogen and oxygen atoms in total. The summed E-state index contributed by atoms with van der Waals surface area (Å²) in [6.45, 7) is 3.86. The number of benzene rings is 2. The first-order valence-corrected chi connectivity index (χ1v) is 7.79. The zero-order chi connectivity index (χ0) is 15.2. The van der Waals surface area contributed by atoms with Crippen LogP contribution in [0.2, 0.25) is 0 Å². The fourth-order valence-electron chi connectivity index (χ4n) is 2.15. The summed E-state index contributed by atoms with van der Waals surface area (Å²) in [4.78, 5) is 4.17. The number of aromatic nitrogens is 2. The van der Waals surface area contributed by atoms with Crippen molar-refractivity contribution in [3.63, 3.8) is 0 Å². The topological polar surface area (TPSA) is 52.0 Å². The molecule has 0 aliphatic rings. The molecule has 3 rings (SSSR count). The maximum atomic E-state index is 13.0. The molecule has 108 valence electrons. The fourth-order valence-corrected chi connectivity index (χ4v) is 3.44. The lowest BCUT2D eigenvalue weighted by atomic mass is 10.1. The van der Waals surface area contributed by atoms with Crippen molar-refractivity contribution in [1.82, 2.24) is 8.96 Å². The van der Waals surface area contributed by atoms with E-state index < -0.39 is 15.8 Å². The molecular weight excluding hydrogens is 291 g/mol. The second-order valence-electron chi connectivity index (χ2n) is 4.92. The lowest BCUT2D eigenvalue weighted by Crippen LogP contribution is -2.12. The van der Waals surface area contributed by atoms with E-state index in [0.29, 0.717) is 11.0 Å². The Bertz CT molecular complexity index is 928. The number of halogens is 1. The van der Waals surface area contributed by atoms with Crippen LogP contribution in [0.1, 0.15) is 11.1 Å². The number of hydrogen-bond acceptors (Lipinski definition) is 3. The molecule has 2 aromatic carbocycles. The van der Waals surface area contributed by atoms with Crippen molar-refractivity contribution < 1.29 is 12.8 Å². The predicted molar refractivity (Wildman–Crippen MR) is 78.2 cm³/mol. The van der Waals surface area contributed by atoms with Crippen LogP contribution in [0.3, 0.4) is 0 Å². The van der Waals surface area contributed by atoms with E-state index in [2.05, 4.69) is 4.98 Å². The molecular formula is C15H13FN2O2S. The minimum atomic E-state index is -3.78. The van der Waals surface area contributed by atoms with Crippen LogP contribution in [0, 0.1) is 19.7 Å². The number of hydrogen-bond donors (Lipinski definition) is 0. The van der Waals surface area contributed by atoms with Crippen molar-refractivity contribution in [2.75, 3.05) is 0 Å². The van der Waals surface area contributed by atoms with Crippen LogP contribution in [0.15, 0.2) is 47.6 Å². The lowest BCUT2D eigenvalue weighted by molar-refractivity contribution is 0.587. The average Bonchev–Trinajstić information content (AvgIpc) is 2.83. The van der Waals surface area contributed by atoms with Gasteiger partial charge in [-0.25, -0.2) is 21.8 Å². The highest BCUT2D eigenvalue weighted by atomic mass is 32.2. The Morgan fingerprint density at radius 2 is 1.67 bits per heavy atom. The molecule has 0 bridgehead atoms. The second-order valence-corrected chi connectivity index (χ2v) is 6.74. The molecule has 0 saturated carbocycles. The summed E-state index contributed by atoms with van der Waals surface area (Å²) in [6.07, 6.45) is 1.28. The Morgan fingerprint density at radius 1 is 1.05 bits per heavy atom. The standard InChI is InChI=1S/C15H13FN2O2S/c1-10-7-14-15(8-11(10)2)18(9-17-14)21(19,20)13-5-3-12(16)4-6-13/h3-9H,1-2H3. The van der Waals surface area contributed by atoms with Crippen molar-refractivity contribution >= 4 is 21.1 Å². The van der Waals surface area contributed by atoms with Crippen LogP contribution in [0.25, 0.3) is 11.0 Å². The Hall–Kier alpha value is -2.21. The minimum Gasteiger partial charge on any atom is -0.236 e. The summed E-state index contributed by atoms with van der Waals surface area (Å²) >= 11 is 0. The van der Waals surface area contributed by atoms with E-state index in [-0.39, 0.29) is 4.90 Å². The van der Waals surface area contributed by atoms with Crippen molar-refractivity contribution in [3.05, 3.63) is 59.7 Å². The Labute approximate surface area is 121 Å². The number of fused-ring (bicyclic) bond motifs is 1. The molecule has 0 spiro atoms. The summed E-state index contributed by atoms with van der Waals surface area (Å²) in [5.74, 6) is -0.476. The van der Waals surface area contributed by atoms with Crippen molar-refractivity contribution in [2.45, 2.75) is 18.7 Å². The van der Waals surface area contributed by atoms with Gasteiger partial charge in [-0.05, 0) is 61.4 Å². The van der Waals surface area contributed by atoms with Crippen LogP contribution < -0.4 is 0 Å². The van der Waals surface area contributed by atoms with Gasteiger partial charge < -0.3 is 0 Å². The summed E-state index contributed by atoms with van der Waals surface area (Å²) in [5, 5.41) is 0. The Morgan fingerprint density at radius 3 is 2.33 bits per heavy atom. The molecule has 0 aliphatic carbocycles. The third-order valence-corrected chi connectivity index (χ3v) is 5.18. The van der Waals surface area contributed by atoms with E-state index in [1.807, 2.05) is 19.9 Å². The van der Waals surface area contributed by atoms with Gasteiger partial charge in [-0.3, -0.25) is 0 Å². The van der Waals surface area contributed by atoms with Gasteiger partial charge in [-0.1, -0.05) is 0 Å². The largest absolute Gasteiger partial charge is 0.269 e. The van der Waals surface area contributed by atoms with E-state index >= 15 is 0 Å². The third kappa shape index (κ3) is 2.21. The van der Waals surface area contributed by atoms with Crippen molar-refractivity contribution in [2.24, 2.45) is 0 Å². The van der Waals surface area contributed by atoms with Gasteiger partial charge in [0.2, 0.25) is 0 Å². The molecule has 1 aromatic heterocycles. The SMILES string of the molecule is Cc1cc2ncn(S(=O)(=O)c3ccc(F)cc3)c2cc1C. The Kier molecular flexibility index (Phi) is 3.06. The number of aryl methyl sites for hydroxylation is 2. The highest BCUT2D eigenvalue weighted by Crippen LogP contribution is 2.23. The minimum absolute atomic E-state index is 0.0291. The normalized spacial score (nSPS) is 12.0. The molecule has 0 saturated heterocycles. The van der Waals surface area contributed by atoms with E-state index in [1.165, 1.54) is 18.5 Å². The average molecular weight is 304 g/mol. The zero-order valence-corrected chi connectivity index (χ0v) is 12.4. The number of rotatable bonds is 2. The van der Waals surface area contributed by atoms with Gasteiger partial charge in [0.1, 0.15) is 12.1 Å². The van der Waals surface area contributed by atoms with E-state index in [0.717, 1.165) is 27.2 Å². The molecule has 0 fully saturated rings. The number of imidazole rings is 1. The van der Waals surface area contributed by atoms with Gasteiger partial charge in [0, 0.05) is 0 Å². The van der Waals surface area contributed by atoms with Crippen LogP contribution in [0.4, 0.5) is 4.39 Å². The fraction of sp³-hybridized carbons (Fsp3) is 0.133. The van der Waals surface area contributed by atoms with E-state index in [4.69, 9.17) is 0 Å². The van der Waals surface area contributed by atoms with Crippen molar-refractivity contribution in [1.29, 1.82) is 0 Å². The van der Waals surface area contributed by atoms with E-state index in [1.54, 1.807) is 6.07 Å². The summed E-state index contributed by atoms with van der Waals surface area (Å²) < 4.78 is 39.3. The van der Waals surface area contributed by atoms with Crippen molar-refractivity contribution in [3.8, 4) is 0 Å². The molecule has 3 aromatic rings. The highest BCUT2D eigenvalue weighted by Gasteiger charge is 2.20. The third-order valence-electron chi connectivity index (χ3n) is 3.50. The molecule has 0 atom stereocenters.